The molecule has 1 aliphatic heterocycles. The van der Waals surface area contributed by atoms with Crippen LogP contribution in [0, 0.1) is 13.8 Å². The van der Waals surface area contributed by atoms with Gasteiger partial charge < -0.3 is 19.9 Å². The number of nitrogen functional groups attached to an aromatic ring is 1. The highest BCUT2D eigenvalue weighted by molar-refractivity contribution is 5.53. The summed E-state index contributed by atoms with van der Waals surface area (Å²) in [6.07, 6.45) is 0. The zero-order valence-corrected chi connectivity index (χ0v) is 12.3. The minimum Gasteiger partial charge on any atom is -0.488 e. The number of hydrogen-bond donors (Lipinski definition) is 1. The molecule has 2 aromatic carbocycles. The molecule has 4 heteroatoms. The Morgan fingerprint density at radius 1 is 1.19 bits per heavy atom. The lowest BCUT2D eigenvalue weighted by Crippen LogP contribution is -2.14. The molecule has 0 radical (unpaired) electrons. The van der Waals surface area contributed by atoms with Gasteiger partial charge in [-0.2, -0.15) is 0 Å². The van der Waals surface area contributed by atoms with Gasteiger partial charge in [0.25, 0.3) is 0 Å². The molecule has 110 valence electrons. The molecule has 3 rings (SSSR count). The number of aryl methyl sites for hydroxylation is 2. The van der Waals surface area contributed by atoms with E-state index in [1.807, 2.05) is 31.2 Å². The van der Waals surface area contributed by atoms with Crippen molar-refractivity contribution in [3.63, 3.8) is 0 Å². The fraction of sp³-hybridized carbons (Fsp3) is 0.294. The molecule has 0 fully saturated rings. The van der Waals surface area contributed by atoms with Gasteiger partial charge in [0.2, 0.25) is 0 Å². The van der Waals surface area contributed by atoms with E-state index in [2.05, 4.69) is 13.0 Å². The summed E-state index contributed by atoms with van der Waals surface area (Å²) in [5.74, 6) is 1.71. The topological polar surface area (TPSA) is 53.7 Å². The molecule has 21 heavy (non-hydrogen) atoms. The van der Waals surface area contributed by atoms with Gasteiger partial charge in [0, 0.05) is 16.8 Å². The van der Waals surface area contributed by atoms with Crippen molar-refractivity contribution < 1.29 is 14.2 Å². The number of fused-ring (bicyclic) bond motifs is 1. The third-order valence-electron chi connectivity index (χ3n) is 3.52. The summed E-state index contributed by atoms with van der Waals surface area (Å²) in [7, 11) is 0. The second-order valence-electron chi connectivity index (χ2n) is 5.34. The van der Waals surface area contributed by atoms with E-state index in [0.717, 1.165) is 28.2 Å². The quantitative estimate of drug-likeness (QED) is 0.879. The molecule has 0 amide bonds. The molecule has 1 aliphatic rings. The second kappa shape index (κ2) is 5.66. The van der Waals surface area contributed by atoms with Crippen molar-refractivity contribution in [1.82, 2.24) is 0 Å². The van der Waals surface area contributed by atoms with E-state index >= 15 is 0 Å². The van der Waals surface area contributed by atoms with Crippen LogP contribution in [0.3, 0.4) is 0 Å². The number of ether oxygens (including phenoxy) is 3. The van der Waals surface area contributed by atoms with Crippen LogP contribution in [0.25, 0.3) is 0 Å². The molecule has 0 aliphatic carbocycles. The smallest absolute Gasteiger partial charge is 0.189 e. The monoisotopic (exact) mass is 285 g/mol. The Hall–Kier alpha value is -2.20. The molecule has 2 N–H and O–H groups in total. The molecular weight excluding hydrogens is 266 g/mol. The minimum atomic E-state index is 0.271. The van der Waals surface area contributed by atoms with E-state index in [-0.39, 0.29) is 6.79 Å². The van der Waals surface area contributed by atoms with Crippen LogP contribution in [0.2, 0.25) is 0 Å². The molecular formula is C17H19NO3. The van der Waals surface area contributed by atoms with Crippen molar-refractivity contribution >= 4 is 5.69 Å². The first-order valence-corrected chi connectivity index (χ1v) is 6.95. The second-order valence-corrected chi connectivity index (χ2v) is 5.34. The van der Waals surface area contributed by atoms with Crippen LogP contribution < -0.4 is 15.2 Å². The lowest BCUT2D eigenvalue weighted by molar-refractivity contribution is -0.0175. The molecule has 1 heterocycles. The lowest BCUT2D eigenvalue weighted by atomic mass is 10.1. The van der Waals surface area contributed by atoms with E-state index in [4.69, 9.17) is 19.9 Å². The van der Waals surface area contributed by atoms with Gasteiger partial charge in [-0.05, 0) is 37.6 Å². The van der Waals surface area contributed by atoms with E-state index in [1.165, 1.54) is 5.56 Å². The summed E-state index contributed by atoms with van der Waals surface area (Å²) in [6.45, 7) is 5.34. The summed E-state index contributed by atoms with van der Waals surface area (Å²) in [6, 6.07) is 9.92. The maximum atomic E-state index is 5.93. The minimum absolute atomic E-state index is 0.271. The zero-order chi connectivity index (χ0) is 14.8. The fourth-order valence-electron chi connectivity index (χ4n) is 2.55. The van der Waals surface area contributed by atoms with Gasteiger partial charge >= 0.3 is 0 Å². The summed E-state index contributed by atoms with van der Waals surface area (Å²) in [5, 5.41) is 0. The first-order chi connectivity index (χ1) is 10.1. The first kappa shape index (κ1) is 13.8. The van der Waals surface area contributed by atoms with Crippen molar-refractivity contribution in [3.05, 3.63) is 52.6 Å². The summed E-state index contributed by atoms with van der Waals surface area (Å²) >= 11 is 0. The third kappa shape index (κ3) is 2.95. The van der Waals surface area contributed by atoms with Crippen molar-refractivity contribution in [2.24, 2.45) is 0 Å². The van der Waals surface area contributed by atoms with Gasteiger partial charge in [-0.3, -0.25) is 0 Å². The molecule has 0 bridgehead atoms. The molecule has 2 aromatic rings. The van der Waals surface area contributed by atoms with Crippen molar-refractivity contribution in [3.8, 4) is 11.5 Å². The van der Waals surface area contributed by atoms with Crippen molar-refractivity contribution in [2.45, 2.75) is 27.1 Å². The Morgan fingerprint density at radius 2 is 2.05 bits per heavy atom. The van der Waals surface area contributed by atoms with Crippen LogP contribution in [0.5, 0.6) is 11.5 Å². The number of rotatable bonds is 3. The average molecular weight is 285 g/mol. The fourth-order valence-corrected chi connectivity index (χ4v) is 2.55. The highest BCUT2D eigenvalue weighted by Crippen LogP contribution is 2.32. The maximum Gasteiger partial charge on any atom is 0.189 e. The van der Waals surface area contributed by atoms with Crippen molar-refractivity contribution in [2.75, 3.05) is 12.5 Å². The largest absolute Gasteiger partial charge is 0.488 e. The van der Waals surface area contributed by atoms with Crippen LogP contribution >= 0.6 is 0 Å². The Kier molecular flexibility index (Phi) is 3.71. The lowest BCUT2D eigenvalue weighted by Gasteiger charge is -2.21. The summed E-state index contributed by atoms with van der Waals surface area (Å²) < 4.78 is 16.8. The summed E-state index contributed by atoms with van der Waals surface area (Å²) in [5.41, 5.74) is 10.9. The van der Waals surface area contributed by atoms with Gasteiger partial charge in [0.05, 0.1) is 6.61 Å². The molecule has 4 nitrogen and oxygen atoms in total. The standard InChI is InChI=1S/C17H19NO3/c1-11-3-4-16(12(2)5-11)20-9-14-7-15(18)6-13-8-19-10-21-17(13)14/h3-7H,8-10,18H2,1-2H3. The van der Waals surface area contributed by atoms with Gasteiger partial charge in [0.15, 0.2) is 6.79 Å². The first-order valence-electron chi connectivity index (χ1n) is 6.95. The molecule has 0 saturated carbocycles. The predicted molar refractivity (Wildman–Crippen MR) is 81.4 cm³/mol. The number of nitrogens with two attached hydrogens (primary N) is 1. The third-order valence-corrected chi connectivity index (χ3v) is 3.52. The van der Waals surface area contributed by atoms with Gasteiger partial charge in [-0.25, -0.2) is 0 Å². The van der Waals surface area contributed by atoms with E-state index in [0.29, 0.717) is 18.9 Å². The van der Waals surface area contributed by atoms with Gasteiger partial charge in [0.1, 0.15) is 18.1 Å². The van der Waals surface area contributed by atoms with Crippen molar-refractivity contribution in [1.29, 1.82) is 0 Å². The molecule has 0 aromatic heterocycles. The highest BCUT2D eigenvalue weighted by atomic mass is 16.7. The number of benzene rings is 2. The predicted octanol–water partition coefficient (Wildman–Crippen LogP) is 3.33. The zero-order valence-electron chi connectivity index (χ0n) is 12.3. The van der Waals surface area contributed by atoms with Crippen LogP contribution in [0.1, 0.15) is 22.3 Å². The van der Waals surface area contributed by atoms with E-state index in [9.17, 15) is 0 Å². The maximum absolute atomic E-state index is 5.93. The van der Waals surface area contributed by atoms with Crippen LogP contribution in [-0.2, 0) is 18.0 Å². The Balaban J connectivity index is 1.83. The van der Waals surface area contributed by atoms with E-state index < -0.39 is 0 Å². The molecule has 0 saturated heterocycles. The van der Waals surface area contributed by atoms with Gasteiger partial charge in [-0.1, -0.05) is 17.7 Å². The molecule has 0 atom stereocenters. The number of hydrogen-bond acceptors (Lipinski definition) is 4. The van der Waals surface area contributed by atoms with Crippen LogP contribution in [0.4, 0.5) is 5.69 Å². The van der Waals surface area contributed by atoms with Crippen LogP contribution in [-0.4, -0.2) is 6.79 Å². The number of anilines is 1. The normalized spacial score (nSPS) is 13.4. The Labute approximate surface area is 124 Å². The Morgan fingerprint density at radius 3 is 2.86 bits per heavy atom. The molecule has 0 spiro atoms. The van der Waals surface area contributed by atoms with Crippen LogP contribution in [0.15, 0.2) is 30.3 Å². The highest BCUT2D eigenvalue weighted by Gasteiger charge is 2.16. The SMILES string of the molecule is Cc1ccc(OCc2cc(N)cc3c2OCOC3)c(C)c1. The van der Waals surface area contributed by atoms with Gasteiger partial charge in [-0.15, -0.1) is 0 Å². The summed E-state index contributed by atoms with van der Waals surface area (Å²) in [4.78, 5) is 0. The van der Waals surface area contributed by atoms with E-state index in [1.54, 1.807) is 0 Å². The average Bonchev–Trinajstić information content (AvgIpc) is 2.46. The Bertz CT molecular complexity index is 667. The molecule has 0 unspecified atom stereocenters.